The molecule has 120 valence electrons. The van der Waals surface area contributed by atoms with Gasteiger partial charge >= 0.3 is 6.03 Å². The zero-order valence-electron chi connectivity index (χ0n) is 12.6. The molecule has 1 fully saturated rings. The third-order valence-corrected chi connectivity index (χ3v) is 4.52. The van der Waals surface area contributed by atoms with Crippen LogP contribution in [0, 0.1) is 5.82 Å². The Labute approximate surface area is 139 Å². The molecule has 1 aliphatic rings. The van der Waals surface area contributed by atoms with Crippen LogP contribution in [0.3, 0.4) is 0 Å². The standard InChI is InChI=1S/C18H18ClFN2O/c19-13-6-5-7-14(12-13)21-17(23)22-18(10-3-4-11-18)15-8-1-2-9-16(15)20/h1-2,5-9,12H,3-4,10-11H2,(H2,21,22,23). The number of nitrogens with one attached hydrogen (secondary N) is 2. The van der Waals surface area contributed by atoms with E-state index in [9.17, 15) is 9.18 Å². The van der Waals surface area contributed by atoms with E-state index in [1.54, 1.807) is 42.5 Å². The summed E-state index contributed by atoms with van der Waals surface area (Å²) in [5.74, 6) is -0.280. The number of anilines is 1. The van der Waals surface area contributed by atoms with Gasteiger partial charge in [0, 0.05) is 16.3 Å². The quantitative estimate of drug-likeness (QED) is 0.809. The number of carbonyl (C=O) groups is 1. The molecule has 0 radical (unpaired) electrons. The molecule has 23 heavy (non-hydrogen) atoms. The fourth-order valence-electron chi connectivity index (χ4n) is 3.24. The first-order valence-electron chi connectivity index (χ1n) is 7.69. The summed E-state index contributed by atoms with van der Waals surface area (Å²) in [6.45, 7) is 0. The largest absolute Gasteiger partial charge is 0.328 e. The lowest BCUT2D eigenvalue weighted by molar-refractivity contribution is 0.235. The third-order valence-electron chi connectivity index (χ3n) is 4.28. The van der Waals surface area contributed by atoms with Crippen LogP contribution in [0.5, 0.6) is 0 Å². The average molecular weight is 333 g/mol. The molecule has 0 spiro atoms. The van der Waals surface area contributed by atoms with Crippen LogP contribution in [0.25, 0.3) is 0 Å². The van der Waals surface area contributed by atoms with Gasteiger partial charge < -0.3 is 10.6 Å². The molecule has 2 amide bonds. The molecule has 0 bridgehead atoms. The maximum Gasteiger partial charge on any atom is 0.319 e. The van der Waals surface area contributed by atoms with Gasteiger partial charge in [-0.1, -0.05) is 48.7 Å². The molecule has 3 rings (SSSR count). The highest BCUT2D eigenvalue weighted by Gasteiger charge is 2.38. The van der Waals surface area contributed by atoms with Gasteiger partial charge in [0.2, 0.25) is 0 Å². The highest BCUT2D eigenvalue weighted by atomic mass is 35.5. The summed E-state index contributed by atoms with van der Waals surface area (Å²) >= 11 is 5.92. The number of hydrogen-bond donors (Lipinski definition) is 2. The zero-order valence-corrected chi connectivity index (χ0v) is 13.4. The molecule has 0 atom stereocenters. The topological polar surface area (TPSA) is 41.1 Å². The minimum absolute atomic E-state index is 0.280. The Morgan fingerprint density at radius 3 is 2.52 bits per heavy atom. The summed E-state index contributed by atoms with van der Waals surface area (Å²) in [6.07, 6.45) is 3.39. The van der Waals surface area contributed by atoms with Crippen LogP contribution in [0.1, 0.15) is 31.2 Å². The summed E-state index contributed by atoms with van der Waals surface area (Å²) in [5.41, 5.74) is 0.518. The molecule has 1 saturated carbocycles. The van der Waals surface area contributed by atoms with Crippen LogP contribution in [0.2, 0.25) is 5.02 Å². The smallest absolute Gasteiger partial charge is 0.319 e. The number of carbonyl (C=O) groups excluding carboxylic acids is 1. The zero-order chi connectivity index (χ0) is 16.3. The first-order chi connectivity index (χ1) is 11.1. The predicted octanol–water partition coefficient (Wildman–Crippen LogP) is 5.07. The maximum atomic E-state index is 14.2. The second-order valence-electron chi connectivity index (χ2n) is 5.86. The van der Waals surface area contributed by atoms with Crippen molar-refractivity contribution in [2.24, 2.45) is 0 Å². The molecule has 2 N–H and O–H groups in total. The fourth-order valence-corrected chi connectivity index (χ4v) is 3.43. The monoisotopic (exact) mass is 332 g/mol. The van der Waals surface area contributed by atoms with E-state index in [4.69, 9.17) is 11.6 Å². The van der Waals surface area contributed by atoms with Gasteiger partial charge in [-0.2, -0.15) is 0 Å². The van der Waals surface area contributed by atoms with Crippen molar-refractivity contribution < 1.29 is 9.18 Å². The van der Waals surface area contributed by atoms with Crippen LogP contribution in [0.4, 0.5) is 14.9 Å². The molecular formula is C18H18ClFN2O. The lowest BCUT2D eigenvalue weighted by atomic mass is 9.88. The minimum atomic E-state index is -0.645. The van der Waals surface area contributed by atoms with Gasteiger partial charge in [0.1, 0.15) is 5.82 Å². The second kappa shape index (κ2) is 6.59. The maximum absolute atomic E-state index is 14.2. The number of benzene rings is 2. The molecule has 0 aromatic heterocycles. The number of amides is 2. The van der Waals surface area contributed by atoms with Crippen molar-refractivity contribution in [3.63, 3.8) is 0 Å². The normalized spacial score (nSPS) is 16.1. The van der Waals surface area contributed by atoms with Crippen molar-refractivity contribution in [1.82, 2.24) is 5.32 Å². The molecule has 5 heteroatoms. The molecule has 2 aromatic carbocycles. The Kier molecular flexibility index (Phi) is 4.53. The second-order valence-corrected chi connectivity index (χ2v) is 6.29. The Morgan fingerprint density at radius 1 is 1.09 bits per heavy atom. The first kappa shape index (κ1) is 15.8. The Hall–Kier alpha value is -2.07. The number of urea groups is 1. The van der Waals surface area contributed by atoms with Gasteiger partial charge in [0.15, 0.2) is 0 Å². The number of halogens is 2. The number of rotatable bonds is 3. The van der Waals surface area contributed by atoms with Crippen molar-refractivity contribution in [2.75, 3.05) is 5.32 Å². The van der Waals surface area contributed by atoms with Crippen molar-refractivity contribution in [3.05, 3.63) is 64.9 Å². The number of hydrogen-bond acceptors (Lipinski definition) is 1. The lowest BCUT2D eigenvalue weighted by Crippen LogP contribution is -2.46. The molecule has 3 nitrogen and oxygen atoms in total. The third kappa shape index (κ3) is 3.48. The first-order valence-corrected chi connectivity index (χ1v) is 8.07. The average Bonchev–Trinajstić information content (AvgIpc) is 2.97. The predicted molar refractivity (Wildman–Crippen MR) is 90.2 cm³/mol. The highest BCUT2D eigenvalue weighted by molar-refractivity contribution is 6.30. The molecule has 0 unspecified atom stereocenters. The summed E-state index contributed by atoms with van der Waals surface area (Å²) in [6, 6.07) is 13.2. The van der Waals surface area contributed by atoms with E-state index in [0.29, 0.717) is 16.3 Å². The summed E-state index contributed by atoms with van der Waals surface area (Å²) in [5, 5.41) is 6.30. The molecule has 0 heterocycles. The van der Waals surface area contributed by atoms with Gasteiger partial charge in [-0.15, -0.1) is 0 Å². The Morgan fingerprint density at radius 2 is 1.83 bits per heavy atom. The van der Waals surface area contributed by atoms with Gasteiger partial charge in [0.05, 0.1) is 5.54 Å². The van der Waals surface area contributed by atoms with Crippen LogP contribution in [0.15, 0.2) is 48.5 Å². The van der Waals surface area contributed by atoms with Crippen molar-refractivity contribution in [2.45, 2.75) is 31.2 Å². The summed E-state index contributed by atoms with van der Waals surface area (Å²) in [4.78, 5) is 12.4. The minimum Gasteiger partial charge on any atom is -0.328 e. The van der Waals surface area contributed by atoms with E-state index in [-0.39, 0.29) is 11.8 Å². The van der Waals surface area contributed by atoms with E-state index >= 15 is 0 Å². The Balaban J connectivity index is 1.80. The van der Waals surface area contributed by atoms with Crippen LogP contribution in [-0.2, 0) is 5.54 Å². The highest BCUT2D eigenvalue weighted by Crippen LogP contribution is 2.39. The van der Waals surface area contributed by atoms with Crippen LogP contribution >= 0.6 is 11.6 Å². The van der Waals surface area contributed by atoms with Crippen LogP contribution < -0.4 is 10.6 Å². The van der Waals surface area contributed by atoms with Crippen molar-refractivity contribution in [3.8, 4) is 0 Å². The van der Waals surface area contributed by atoms with E-state index in [1.165, 1.54) is 6.07 Å². The van der Waals surface area contributed by atoms with Gasteiger partial charge in [0.25, 0.3) is 0 Å². The SMILES string of the molecule is O=C(Nc1cccc(Cl)c1)NC1(c2ccccc2F)CCCC1. The molecule has 1 aliphatic carbocycles. The Bertz CT molecular complexity index is 714. The van der Waals surface area contributed by atoms with E-state index in [0.717, 1.165) is 25.7 Å². The van der Waals surface area contributed by atoms with E-state index < -0.39 is 5.54 Å². The molecule has 0 saturated heterocycles. The van der Waals surface area contributed by atoms with Gasteiger partial charge in [-0.3, -0.25) is 0 Å². The summed E-state index contributed by atoms with van der Waals surface area (Å²) in [7, 11) is 0. The van der Waals surface area contributed by atoms with E-state index in [2.05, 4.69) is 10.6 Å². The molecule has 2 aromatic rings. The van der Waals surface area contributed by atoms with Crippen molar-refractivity contribution in [1.29, 1.82) is 0 Å². The van der Waals surface area contributed by atoms with Gasteiger partial charge in [-0.05, 0) is 37.1 Å². The fraction of sp³-hybridized carbons (Fsp3) is 0.278. The van der Waals surface area contributed by atoms with Gasteiger partial charge in [-0.25, -0.2) is 9.18 Å². The lowest BCUT2D eigenvalue weighted by Gasteiger charge is -2.31. The van der Waals surface area contributed by atoms with E-state index in [1.807, 2.05) is 0 Å². The van der Waals surface area contributed by atoms with Crippen molar-refractivity contribution >= 4 is 23.3 Å². The summed E-state index contributed by atoms with van der Waals surface area (Å²) < 4.78 is 14.2. The van der Waals surface area contributed by atoms with Crippen LogP contribution in [-0.4, -0.2) is 6.03 Å². The molecule has 0 aliphatic heterocycles. The molecular weight excluding hydrogens is 315 g/mol.